The zero-order chi connectivity index (χ0) is 19.9. The first kappa shape index (κ1) is 20.7. The first-order chi connectivity index (χ1) is 13.5. The molecule has 0 unspecified atom stereocenters. The Morgan fingerprint density at radius 3 is 2.43 bits per heavy atom. The Kier molecular flexibility index (Phi) is 7.37. The second-order valence-electron chi connectivity index (χ2n) is 8.07. The predicted molar refractivity (Wildman–Crippen MR) is 113 cm³/mol. The zero-order valence-corrected chi connectivity index (χ0v) is 17.5. The topological polar surface area (TPSA) is 42.0 Å². The number of likely N-dealkylation sites (tertiary alicyclic amines) is 1. The second kappa shape index (κ2) is 9.97. The van der Waals surface area contributed by atoms with Crippen LogP contribution in [0.5, 0.6) is 5.75 Å². The normalized spacial score (nSPS) is 18.9. The maximum absolute atomic E-state index is 12.0. The summed E-state index contributed by atoms with van der Waals surface area (Å²) in [6.07, 6.45) is 5.14. The van der Waals surface area contributed by atoms with E-state index in [1.807, 2.05) is 18.7 Å². The van der Waals surface area contributed by atoms with E-state index >= 15 is 0 Å². The molecule has 2 aliphatic rings. The summed E-state index contributed by atoms with van der Waals surface area (Å²) in [5.74, 6) is 1.42. The summed E-state index contributed by atoms with van der Waals surface area (Å²) in [4.78, 5) is 16.2. The summed E-state index contributed by atoms with van der Waals surface area (Å²) in [6, 6.07) is 8.51. The number of rotatable bonds is 6. The van der Waals surface area contributed by atoms with Gasteiger partial charge in [0.25, 0.3) is 0 Å². The lowest BCUT2D eigenvalue weighted by Crippen LogP contribution is -2.40. The first-order valence-corrected chi connectivity index (χ1v) is 10.6. The SMILES string of the molecule is CCN1CC=C(c2ccc(OCC3CCN(C(=O)OC(C)C)CC3)cc2)CC1. The number of carbonyl (C=O) groups excluding carboxylic acids is 1. The highest BCUT2D eigenvalue weighted by molar-refractivity contribution is 5.68. The van der Waals surface area contributed by atoms with Crippen molar-refractivity contribution >= 4 is 11.7 Å². The highest BCUT2D eigenvalue weighted by Crippen LogP contribution is 2.25. The van der Waals surface area contributed by atoms with Gasteiger partial charge in [-0.05, 0) is 68.8 Å². The summed E-state index contributed by atoms with van der Waals surface area (Å²) >= 11 is 0. The molecule has 154 valence electrons. The number of hydrogen-bond donors (Lipinski definition) is 0. The van der Waals surface area contributed by atoms with E-state index in [-0.39, 0.29) is 12.2 Å². The van der Waals surface area contributed by atoms with Gasteiger partial charge in [0.05, 0.1) is 12.7 Å². The fourth-order valence-electron chi connectivity index (χ4n) is 3.80. The predicted octanol–water partition coefficient (Wildman–Crippen LogP) is 4.43. The molecule has 1 amide bonds. The van der Waals surface area contributed by atoms with Crippen molar-refractivity contribution in [2.45, 2.75) is 46.1 Å². The Hall–Kier alpha value is -2.01. The number of carbonyl (C=O) groups is 1. The van der Waals surface area contributed by atoms with Crippen molar-refractivity contribution in [2.24, 2.45) is 5.92 Å². The van der Waals surface area contributed by atoms with E-state index in [2.05, 4.69) is 42.2 Å². The molecule has 0 saturated carbocycles. The van der Waals surface area contributed by atoms with Gasteiger partial charge in [-0.1, -0.05) is 25.1 Å². The molecule has 2 aliphatic heterocycles. The molecular weight excluding hydrogens is 352 g/mol. The minimum Gasteiger partial charge on any atom is -0.493 e. The molecular formula is C23H34N2O3. The monoisotopic (exact) mass is 386 g/mol. The van der Waals surface area contributed by atoms with E-state index in [0.29, 0.717) is 12.5 Å². The summed E-state index contributed by atoms with van der Waals surface area (Å²) in [7, 11) is 0. The molecule has 5 nitrogen and oxygen atoms in total. The van der Waals surface area contributed by atoms with Crippen molar-refractivity contribution in [1.29, 1.82) is 0 Å². The van der Waals surface area contributed by atoms with Crippen LogP contribution >= 0.6 is 0 Å². The minimum absolute atomic E-state index is 0.0634. The van der Waals surface area contributed by atoms with E-state index in [9.17, 15) is 4.79 Å². The average Bonchev–Trinajstić information content (AvgIpc) is 2.72. The fourth-order valence-corrected chi connectivity index (χ4v) is 3.80. The maximum atomic E-state index is 12.0. The van der Waals surface area contributed by atoms with Gasteiger partial charge in [0, 0.05) is 26.2 Å². The molecule has 1 saturated heterocycles. The third kappa shape index (κ3) is 5.74. The smallest absolute Gasteiger partial charge is 0.410 e. The third-order valence-electron chi connectivity index (χ3n) is 5.66. The number of piperidine rings is 1. The van der Waals surface area contributed by atoms with Crippen LogP contribution in [-0.4, -0.2) is 61.3 Å². The minimum atomic E-state index is -0.191. The molecule has 3 rings (SSSR count). The van der Waals surface area contributed by atoms with Crippen molar-refractivity contribution in [3.05, 3.63) is 35.9 Å². The standard InChI is InChI=1S/C23H34N2O3/c1-4-24-13-11-21(12-14-24)20-5-7-22(8-6-20)27-17-19-9-15-25(16-10-19)23(26)28-18(2)3/h5-8,11,18-19H,4,9-10,12-17H2,1-3H3. The highest BCUT2D eigenvalue weighted by Gasteiger charge is 2.24. The van der Waals surface area contributed by atoms with Gasteiger partial charge >= 0.3 is 6.09 Å². The summed E-state index contributed by atoms with van der Waals surface area (Å²) < 4.78 is 11.3. The summed E-state index contributed by atoms with van der Waals surface area (Å²) in [6.45, 7) is 11.5. The van der Waals surface area contributed by atoms with Crippen molar-refractivity contribution in [3.63, 3.8) is 0 Å². The van der Waals surface area contributed by atoms with Crippen molar-refractivity contribution < 1.29 is 14.3 Å². The molecule has 0 spiro atoms. The van der Waals surface area contributed by atoms with Crippen LogP contribution in [0.1, 0.15) is 45.6 Å². The Balaban J connectivity index is 1.42. The molecule has 1 fully saturated rings. The molecule has 1 aromatic rings. The van der Waals surface area contributed by atoms with E-state index in [1.165, 1.54) is 11.1 Å². The molecule has 0 aromatic heterocycles. The quantitative estimate of drug-likeness (QED) is 0.725. The molecule has 0 aliphatic carbocycles. The highest BCUT2D eigenvalue weighted by atomic mass is 16.6. The molecule has 0 bridgehead atoms. The zero-order valence-electron chi connectivity index (χ0n) is 17.5. The van der Waals surface area contributed by atoms with Crippen LogP contribution in [0.25, 0.3) is 5.57 Å². The van der Waals surface area contributed by atoms with Gasteiger partial charge in [-0.25, -0.2) is 4.79 Å². The molecule has 0 atom stereocenters. The van der Waals surface area contributed by atoms with E-state index in [0.717, 1.165) is 57.7 Å². The van der Waals surface area contributed by atoms with Gasteiger partial charge in [-0.3, -0.25) is 4.90 Å². The van der Waals surface area contributed by atoms with Crippen LogP contribution in [-0.2, 0) is 4.74 Å². The summed E-state index contributed by atoms with van der Waals surface area (Å²) in [5.41, 5.74) is 2.75. The van der Waals surface area contributed by atoms with Crippen LogP contribution in [0, 0.1) is 5.92 Å². The van der Waals surface area contributed by atoms with Gasteiger partial charge < -0.3 is 14.4 Å². The lowest BCUT2D eigenvalue weighted by molar-refractivity contribution is 0.0608. The van der Waals surface area contributed by atoms with Crippen LogP contribution in [0.4, 0.5) is 4.79 Å². The van der Waals surface area contributed by atoms with Gasteiger partial charge in [0.1, 0.15) is 5.75 Å². The lowest BCUT2D eigenvalue weighted by atomic mass is 9.98. The van der Waals surface area contributed by atoms with Crippen molar-refractivity contribution in [1.82, 2.24) is 9.80 Å². The number of nitrogens with zero attached hydrogens (tertiary/aromatic N) is 2. The first-order valence-electron chi connectivity index (χ1n) is 10.6. The molecule has 5 heteroatoms. The number of benzene rings is 1. The second-order valence-corrected chi connectivity index (χ2v) is 8.07. The van der Waals surface area contributed by atoms with Gasteiger partial charge in [0.15, 0.2) is 0 Å². The number of likely N-dealkylation sites (N-methyl/N-ethyl adjacent to an activating group) is 1. The van der Waals surface area contributed by atoms with Gasteiger partial charge in [-0.15, -0.1) is 0 Å². The molecule has 0 N–H and O–H groups in total. The number of ether oxygens (including phenoxy) is 2. The van der Waals surface area contributed by atoms with Gasteiger partial charge in [0.2, 0.25) is 0 Å². The maximum Gasteiger partial charge on any atom is 0.410 e. The molecule has 28 heavy (non-hydrogen) atoms. The van der Waals surface area contributed by atoms with Gasteiger partial charge in [-0.2, -0.15) is 0 Å². The van der Waals surface area contributed by atoms with E-state index in [1.54, 1.807) is 0 Å². The van der Waals surface area contributed by atoms with Crippen LogP contribution in [0.15, 0.2) is 30.3 Å². The van der Waals surface area contributed by atoms with Crippen LogP contribution in [0.2, 0.25) is 0 Å². The number of amides is 1. The van der Waals surface area contributed by atoms with Crippen LogP contribution in [0.3, 0.4) is 0 Å². The molecule has 1 aromatic carbocycles. The summed E-state index contributed by atoms with van der Waals surface area (Å²) in [5, 5.41) is 0. The Morgan fingerprint density at radius 1 is 1.14 bits per heavy atom. The van der Waals surface area contributed by atoms with Crippen LogP contribution < -0.4 is 4.74 Å². The lowest BCUT2D eigenvalue weighted by Gasteiger charge is -2.31. The molecule has 0 radical (unpaired) electrons. The number of hydrogen-bond acceptors (Lipinski definition) is 4. The van der Waals surface area contributed by atoms with E-state index < -0.39 is 0 Å². The molecule has 2 heterocycles. The third-order valence-corrected chi connectivity index (χ3v) is 5.66. The Labute approximate surface area is 169 Å². The Bertz CT molecular complexity index is 661. The van der Waals surface area contributed by atoms with E-state index in [4.69, 9.17) is 9.47 Å². The van der Waals surface area contributed by atoms with Crippen molar-refractivity contribution in [2.75, 3.05) is 39.3 Å². The largest absolute Gasteiger partial charge is 0.493 e. The fraction of sp³-hybridized carbons (Fsp3) is 0.609. The Morgan fingerprint density at radius 2 is 1.86 bits per heavy atom. The van der Waals surface area contributed by atoms with Crippen molar-refractivity contribution in [3.8, 4) is 5.75 Å². The average molecular weight is 387 g/mol.